The van der Waals surface area contributed by atoms with Crippen molar-refractivity contribution in [2.75, 3.05) is 11.9 Å². The number of hydrogen-bond donors (Lipinski definition) is 3. The number of benzene rings is 1. The van der Waals surface area contributed by atoms with E-state index in [2.05, 4.69) is 5.32 Å². The third-order valence-corrected chi connectivity index (χ3v) is 2.25. The average Bonchev–Trinajstić information content (AvgIpc) is 2.17. The van der Waals surface area contributed by atoms with Crippen molar-refractivity contribution in [3.8, 4) is 0 Å². The van der Waals surface area contributed by atoms with Crippen LogP contribution in [0.5, 0.6) is 0 Å². The molecule has 78 valence electrons. The Labute approximate surface area is 84.4 Å². The minimum atomic E-state index is -0.775. The van der Waals surface area contributed by atoms with Crippen molar-refractivity contribution in [1.29, 1.82) is 0 Å². The van der Waals surface area contributed by atoms with E-state index < -0.39 is 11.6 Å². The highest BCUT2D eigenvalue weighted by Crippen LogP contribution is 2.17. The maximum Gasteiger partial charge on any atom is 0.0994 e. The number of anilines is 1. The van der Waals surface area contributed by atoms with Crippen molar-refractivity contribution in [1.82, 2.24) is 0 Å². The molecule has 1 atom stereocenters. The molecule has 0 fully saturated rings. The number of rotatable bonds is 4. The van der Waals surface area contributed by atoms with Crippen LogP contribution in [0, 0.1) is 0 Å². The third kappa shape index (κ3) is 2.72. The largest absolute Gasteiger partial charge is 0.394 e. The summed E-state index contributed by atoms with van der Waals surface area (Å²) < 4.78 is 0. The quantitative estimate of drug-likeness (QED) is 0.677. The van der Waals surface area contributed by atoms with Gasteiger partial charge >= 0.3 is 0 Å². The van der Waals surface area contributed by atoms with Gasteiger partial charge < -0.3 is 15.5 Å². The molecule has 0 aliphatic rings. The van der Waals surface area contributed by atoms with E-state index in [0.717, 1.165) is 5.69 Å². The van der Waals surface area contributed by atoms with Crippen LogP contribution in [0.15, 0.2) is 30.3 Å². The highest BCUT2D eigenvalue weighted by molar-refractivity contribution is 5.45. The lowest BCUT2D eigenvalue weighted by atomic mass is 9.97. The number of para-hydroxylation sites is 1. The number of aliphatic hydroxyl groups excluding tert-OH is 2. The second-order valence-corrected chi connectivity index (χ2v) is 3.91. The van der Waals surface area contributed by atoms with Gasteiger partial charge in [0.15, 0.2) is 0 Å². The fourth-order valence-electron chi connectivity index (χ4n) is 1.21. The van der Waals surface area contributed by atoms with Crippen LogP contribution in [0.3, 0.4) is 0 Å². The van der Waals surface area contributed by atoms with E-state index in [1.165, 1.54) is 0 Å². The highest BCUT2D eigenvalue weighted by atomic mass is 16.3. The fraction of sp³-hybridized carbons (Fsp3) is 0.455. The van der Waals surface area contributed by atoms with Crippen molar-refractivity contribution >= 4 is 5.69 Å². The molecule has 3 nitrogen and oxygen atoms in total. The Kier molecular flexibility index (Phi) is 3.49. The van der Waals surface area contributed by atoms with E-state index in [0.29, 0.717) is 0 Å². The van der Waals surface area contributed by atoms with Crippen molar-refractivity contribution in [3.05, 3.63) is 30.3 Å². The van der Waals surface area contributed by atoms with Crippen LogP contribution in [0.2, 0.25) is 0 Å². The number of nitrogens with one attached hydrogen (secondary N) is 1. The molecular formula is C11H17NO2. The first-order valence-corrected chi connectivity index (χ1v) is 4.68. The molecule has 3 N–H and O–H groups in total. The Morgan fingerprint density at radius 1 is 1.29 bits per heavy atom. The molecule has 0 aliphatic carbocycles. The fourth-order valence-corrected chi connectivity index (χ4v) is 1.21. The Bertz CT molecular complexity index is 272. The van der Waals surface area contributed by atoms with Crippen LogP contribution in [0.1, 0.15) is 13.8 Å². The van der Waals surface area contributed by atoms with Crippen molar-refractivity contribution in [2.24, 2.45) is 0 Å². The minimum absolute atomic E-state index is 0.243. The summed E-state index contributed by atoms with van der Waals surface area (Å²) in [7, 11) is 0. The molecular weight excluding hydrogens is 178 g/mol. The van der Waals surface area contributed by atoms with Gasteiger partial charge in [0.1, 0.15) is 0 Å². The molecule has 0 aliphatic heterocycles. The van der Waals surface area contributed by atoms with Crippen molar-refractivity contribution < 1.29 is 10.2 Å². The average molecular weight is 195 g/mol. The Morgan fingerprint density at radius 3 is 2.36 bits per heavy atom. The van der Waals surface area contributed by atoms with E-state index in [4.69, 9.17) is 5.11 Å². The molecule has 14 heavy (non-hydrogen) atoms. The van der Waals surface area contributed by atoms with E-state index in [1.807, 2.05) is 44.2 Å². The summed E-state index contributed by atoms with van der Waals surface area (Å²) in [4.78, 5) is 0. The zero-order valence-electron chi connectivity index (χ0n) is 8.57. The zero-order valence-corrected chi connectivity index (χ0v) is 8.57. The summed E-state index contributed by atoms with van der Waals surface area (Å²) in [5, 5.41) is 21.6. The van der Waals surface area contributed by atoms with Gasteiger partial charge in [-0.2, -0.15) is 0 Å². The van der Waals surface area contributed by atoms with Gasteiger partial charge in [0.05, 0.1) is 18.2 Å². The number of aliphatic hydroxyl groups is 2. The monoisotopic (exact) mass is 195 g/mol. The van der Waals surface area contributed by atoms with Crippen LogP contribution >= 0.6 is 0 Å². The van der Waals surface area contributed by atoms with E-state index in [1.54, 1.807) is 0 Å². The van der Waals surface area contributed by atoms with Gasteiger partial charge in [0, 0.05) is 5.69 Å². The predicted molar refractivity (Wildman–Crippen MR) is 57.2 cm³/mol. The summed E-state index contributed by atoms with van der Waals surface area (Å²) in [6.45, 7) is 3.45. The molecule has 0 saturated heterocycles. The SMILES string of the molecule is CC(C)(Nc1ccccc1)C(O)CO. The topological polar surface area (TPSA) is 52.5 Å². The normalized spacial score (nSPS) is 13.7. The summed E-state index contributed by atoms with van der Waals surface area (Å²) in [5.74, 6) is 0. The Balaban J connectivity index is 2.68. The molecule has 0 heterocycles. The molecule has 0 saturated carbocycles. The predicted octanol–water partition coefficient (Wildman–Crippen LogP) is 1.23. The first kappa shape index (κ1) is 11.0. The Hall–Kier alpha value is -1.06. The van der Waals surface area contributed by atoms with Crippen LogP contribution < -0.4 is 5.32 Å². The molecule has 0 bridgehead atoms. The van der Waals surface area contributed by atoms with E-state index >= 15 is 0 Å². The molecule has 1 aromatic rings. The van der Waals surface area contributed by atoms with Crippen LogP contribution in [0.4, 0.5) is 5.69 Å². The highest BCUT2D eigenvalue weighted by Gasteiger charge is 2.26. The summed E-state index contributed by atoms with van der Waals surface area (Å²) in [6.07, 6.45) is -0.775. The molecule has 1 unspecified atom stereocenters. The lowest BCUT2D eigenvalue weighted by Gasteiger charge is -2.31. The molecule has 0 radical (unpaired) electrons. The van der Waals surface area contributed by atoms with E-state index in [-0.39, 0.29) is 6.61 Å². The Morgan fingerprint density at radius 2 is 1.86 bits per heavy atom. The second kappa shape index (κ2) is 4.44. The molecule has 1 aromatic carbocycles. The van der Waals surface area contributed by atoms with Gasteiger partial charge in [-0.25, -0.2) is 0 Å². The molecule has 1 rings (SSSR count). The zero-order chi connectivity index (χ0) is 10.6. The molecule has 3 heteroatoms. The van der Waals surface area contributed by atoms with E-state index in [9.17, 15) is 5.11 Å². The number of hydrogen-bond acceptors (Lipinski definition) is 3. The summed E-state index contributed by atoms with van der Waals surface area (Å²) in [5.41, 5.74) is 0.404. The summed E-state index contributed by atoms with van der Waals surface area (Å²) >= 11 is 0. The smallest absolute Gasteiger partial charge is 0.0994 e. The van der Waals surface area contributed by atoms with Gasteiger partial charge in [-0.15, -0.1) is 0 Å². The van der Waals surface area contributed by atoms with Gasteiger partial charge in [-0.3, -0.25) is 0 Å². The van der Waals surface area contributed by atoms with Crippen molar-refractivity contribution in [3.63, 3.8) is 0 Å². The first-order chi connectivity index (χ1) is 6.56. The van der Waals surface area contributed by atoms with Gasteiger partial charge in [-0.05, 0) is 26.0 Å². The lowest BCUT2D eigenvalue weighted by molar-refractivity contribution is 0.0526. The van der Waals surface area contributed by atoms with Gasteiger partial charge in [0.25, 0.3) is 0 Å². The summed E-state index contributed by atoms with van der Waals surface area (Å²) in [6, 6.07) is 9.62. The van der Waals surface area contributed by atoms with Gasteiger partial charge in [-0.1, -0.05) is 18.2 Å². The third-order valence-electron chi connectivity index (χ3n) is 2.25. The van der Waals surface area contributed by atoms with Gasteiger partial charge in [0.2, 0.25) is 0 Å². The molecule has 0 amide bonds. The molecule has 0 spiro atoms. The van der Waals surface area contributed by atoms with Crippen LogP contribution in [-0.4, -0.2) is 28.5 Å². The van der Waals surface area contributed by atoms with Crippen molar-refractivity contribution in [2.45, 2.75) is 25.5 Å². The maximum atomic E-state index is 9.53. The van der Waals surface area contributed by atoms with Crippen LogP contribution in [0.25, 0.3) is 0 Å². The minimum Gasteiger partial charge on any atom is -0.394 e. The second-order valence-electron chi connectivity index (χ2n) is 3.91. The first-order valence-electron chi connectivity index (χ1n) is 4.68. The standard InChI is InChI=1S/C11H17NO2/c1-11(2,10(14)8-13)12-9-6-4-3-5-7-9/h3-7,10,12-14H,8H2,1-2H3. The maximum absolute atomic E-state index is 9.53. The van der Waals surface area contributed by atoms with Crippen LogP contribution in [-0.2, 0) is 0 Å². The molecule has 0 aromatic heterocycles. The lowest BCUT2D eigenvalue weighted by Crippen LogP contribution is -2.45.